The molecule has 0 unspecified atom stereocenters. The second kappa shape index (κ2) is 9.83. The average molecular weight is 539 g/mol. The van der Waals surface area contributed by atoms with Crippen molar-refractivity contribution in [1.29, 1.82) is 0 Å². The van der Waals surface area contributed by atoms with E-state index >= 15 is 0 Å². The van der Waals surface area contributed by atoms with Gasteiger partial charge in [0, 0.05) is 17.4 Å². The number of sulfonamides is 1. The minimum atomic E-state index is -3.57. The lowest BCUT2D eigenvalue weighted by atomic mass is 10.0. The molecule has 1 fully saturated rings. The number of nitrogens with one attached hydrogen (secondary N) is 2. The number of halogens is 1. The molecule has 0 amide bonds. The molecule has 11 heteroatoms. The van der Waals surface area contributed by atoms with Gasteiger partial charge in [-0.1, -0.05) is 6.07 Å². The highest BCUT2D eigenvalue weighted by atomic mass is 32.2. The molecule has 4 aromatic rings. The molecule has 1 aliphatic heterocycles. The maximum atomic E-state index is 13.4. The number of ether oxygens (including phenoxy) is 1. The molecule has 0 saturated carbocycles. The molecule has 37 heavy (non-hydrogen) atoms. The first kappa shape index (κ1) is 24.7. The summed E-state index contributed by atoms with van der Waals surface area (Å²) in [5.74, 6) is 1.19. The summed E-state index contributed by atoms with van der Waals surface area (Å²) in [5.41, 5.74) is 2.37. The Morgan fingerprint density at radius 1 is 1.11 bits per heavy atom. The van der Waals surface area contributed by atoms with Gasteiger partial charge in [0.15, 0.2) is 5.11 Å². The van der Waals surface area contributed by atoms with Crippen LogP contribution < -0.4 is 19.7 Å². The number of furan rings is 1. The molecule has 1 aliphatic rings. The van der Waals surface area contributed by atoms with Gasteiger partial charge in [-0.3, -0.25) is 9.71 Å². The Morgan fingerprint density at radius 3 is 2.57 bits per heavy atom. The van der Waals surface area contributed by atoms with Gasteiger partial charge in [-0.05, 0) is 78.9 Å². The fourth-order valence-electron chi connectivity index (χ4n) is 4.33. The molecule has 2 atom stereocenters. The second-order valence-corrected chi connectivity index (χ2v) is 10.6. The number of rotatable bonds is 7. The van der Waals surface area contributed by atoms with E-state index in [-0.39, 0.29) is 17.5 Å². The maximum absolute atomic E-state index is 13.4. The van der Waals surface area contributed by atoms with E-state index in [1.807, 2.05) is 35.2 Å². The van der Waals surface area contributed by atoms with Crippen LogP contribution in [-0.4, -0.2) is 31.9 Å². The van der Waals surface area contributed by atoms with Crippen molar-refractivity contribution in [1.82, 2.24) is 10.3 Å². The molecular weight excluding hydrogens is 515 g/mol. The highest BCUT2D eigenvalue weighted by Crippen LogP contribution is 2.44. The van der Waals surface area contributed by atoms with E-state index < -0.39 is 16.1 Å². The molecule has 0 aliphatic carbocycles. The van der Waals surface area contributed by atoms with Crippen LogP contribution >= 0.6 is 12.2 Å². The predicted molar refractivity (Wildman–Crippen MR) is 143 cm³/mol. The zero-order chi connectivity index (χ0) is 26.2. The third kappa shape index (κ3) is 5.13. The molecule has 0 radical (unpaired) electrons. The summed E-state index contributed by atoms with van der Waals surface area (Å²) in [6, 6.07) is 19.6. The topological polar surface area (TPSA) is 96.7 Å². The number of benzene rings is 2. The minimum absolute atomic E-state index is 0.275. The first-order valence-corrected chi connectivity index (χ1v) is 13.6. The van der Waals surface area contributed by atoms with E-state index in [2.05, 4.69) is 15.0 Å². The molecule has 8 nitrogen and oxygen atoms in total. The quantitative estimate of drug-likeness (QED) is 0.316. The van der Waals surface area contributed by atoms with E-state index in [0.29, 0.717) is 28.1 Å². The Morgan fingerprint density at radius 2 is 1.89 bits per heavy atom. The first-order chi connectivity index (χ1) is 17.7. The molecule has 2 aromatic carbocycles. The number of pyridine rings is 1. The molecule has 190 valence electrons. The third-order valence-electron chi connectivity index (χ3n) is 5.90. The molecule has 2 aromatic heterocycles. The van der Waals surface area contributed by atoms with E-state index in [1.165, 1.54) is 19.2 Å². The second-order valence-electron chi connectivity index (χ2n) is 8.46. The lowest BCUT2D eigenvalue weighted by molar-refractivity contribution is 0.416. The van der Waals surface area contributed by atoms with Crippen molar-refractivity contribution in [3.05, 3.63) is 96.3 Å². The van der Waals surface area contributed by atoms with Crippen LogP contribution in [0, 0.1) is 5.82 Å². The Hall–Kier alpha value is -3.96. The van der Waals surface area contributed by atoms with Gasteiger partial charge >= 0.3 is 0 Å². The maximum Gasteiger partial charge on any atom is 0.229 e. The van der Waals surface area contributed by atoms with Crippen molar-refractivity contribution in [3.63, 3.8) is 0 Å². The number of aromatic nitrogens is 1. The van der Waals surface area contributed by atoms with Crippen LogP contribution in [-0.2, 0) is 10.0 Å². The normalized spacial score (nSPS) is 17.5. The summed E-state index contributed by atoms with van der Waals surface area (Å²) < 4.78 is 51.5. The van der Waals surface area contributed by atoms with E-state index in [0.717, 1.165) is 17.5 Å². The fourth-order valence-corrected chi connectivity index (χ4v) is 5.23. The molecule has 0 bridgehead atoms. The van der Waals surface area contributed by atoms with Gasteiger partial charge < -0.3 is 19.4 Å². The van der Waals surface area contributed by atoms with Crippen LogP contribution in [0.5, 0.6) is 5.75 Å². The van der Waals surface area contributed by atoms with Gasteiger partial charge in [0.1, 0.15) is 29.1 Å². The van der Waals surface area contributed by atoms with E-state index in [1.54, 1.807) is 36.5 Å². The SMILES string of the molecule is COc1ccc(N2C(=S)N[C@@H](c3ccccn3)[C@@H]2c2ccc(-c3ccc(F)cc3)o2)cc1NS(C)(=O)=O. The lowest BCUT2D eigenvalue weighted by Gasteiger charge is -2.27. The largest absolute Gasteiger partial charge is 0.495 e. The van der Waals surface area contributed by atoms with Crippen LogP contribution in [0.15, 0.2) is 83.4 Å². The summed E-state index contributed by atoms with van der Waals surface area (Å²) in [6.45, 7) is 0. The monoisotopic (exact) mass is 538 g/mol. The van der Waals surface area contributed by atoms with E-state index in [4.69, 9.17) is 21.4 Å². The van der Waals surface area contributed by atoms with Gasteiger partial charge in [-0.2, -0.15) is 0 Å². The van der Waals surface area contributed by atoms with Crippen molar-refractivity contribution < 1.29 is 22.0 Å². The summed E-state index contributed by atoms with van der Waals surface area (Å²) in [5, 5.41) is 3.75. The average Bonchev–Trinajstić information content (AvgIpc) is 3.48. The minimum Gasteiger partial charge on any atom is -0.495 e. The van der Waals surface area contributed by atoms with Crippen LogP contribution in [0.3, 0.4) is 0 Å². The standard InChI is InChI=1S/C26H23FN4O4S2/c1-34-22-11-10-18(15-20(22)30-37(2,32)33)31-25(24(29-26(31)36)19-5-3-4-14-28-19)23-13-12-21(35-23)16-6-8-17(27)9-7-16/h3-15,24-25,30H,1-2H3,(H,29,36)/t24-,25-/m0/s1. The van der Waals surface area contributed by atoms with Crippen LogP contribution in [0.2, 0.25) is 0 Å². The van der Waals surface area contributed by atoms with Gasteiger partial charge in [-0.15, -0.1) is 0 Å². The zero-order valence-corrected chi connectivity index (χ0v) is 21.5. The predicted octanol–water partition coefficient (Wildman–Crippen LogP) is 5.04. The molecule has 5 rings (SSSR count). The summed E-state index contributed by atoms with van der Waals surface area (Å²) >= 11 is 5.74. The number of methoxy groups -OCH3 is 1. The number of hydrogen-bond acceptors (Lipinski definition) is 6. The van der Waals surface area contributed by atoms with Crippen molar-refractivity contribution in [2.75, 3.05) is 23.0 Å². The number of thiocarbonyl (C=S) groups is 1. The molecule has 2 N–H and O–H groups in total. The number of hydrogen-bond donors (Lipinski definition) is 2. The Bertz CT molecular complexity index is 1540. The van der Waals surface area contributed by atoms with Crippen molar-refractivity contribution in [3.8, 4) is 17.1 Å². The molecule has 3 heterocycles. The van der Waals surface area contributed by atoms with Gasteiger partial charge in [0.25, 0.3) is 0 Å². The Labute approximate surface area is 219 Å². The number of nitrogens with zero attached hydrogens (tertiary/aromatic N) is 2. The zero-order valence-electron chi connectivity index (χ0n) is 19.9. The molecule has 0 spiro atoms. The highest BCUT2D eigenvalue weighted by molar-refractivity contribution is 7.92. The summed E-state index contributed by atoms with van der Waals surface area (Å²) in [6.07, 6.45) is 2.77. The molecule has 1 saturated heterocycles. The van der Waals surface area contributed by atoms with Crippen LogP contribution in [0.1, 0.15) is 23.5 Å². The van der Waals surface area contributed by atoms with Crippen LogP contribution in [0.4, 0.5) is 15.8 Å². The third-order valence-corrected chi connectivity index (χ3v) is 6.81. The summed E-state index contributed by atoms with van der Waals surface area (Å²) in [7, 11) is -2.10. The fraction of sp³-hybridized carbons (Fsp3) is 0.154. The Balaban J connectivity index is 1.61. The van der Waals surface area contributed by atoms with Gasteiger partial charge in [-0.25, -0.2) is 12.8 Å². The first-order valence-electron chi connectivity index (χ1n) is 11.3. The smallest absolute Gasteiger partial charge is 0.229 e. The lowest BCUT2D eigenvalue weighted by Crippen LogP contribution is -2.29. The number of anilines is 2. The van der Waals surface area contributed by atoms with Crippen LogP contribution in [0.25, 0.3) is 11.3 Å². The van der Waals surface area contributed by atoms with Crippen molar-refractivity contribution >= 4 is 38.7 Å². The van der Waals surface area contributed by atoms with Gasteiger partial charge in [0.2, 0.25) is 10.0 Å². The highest BCUT2D eigenvalue weighted by Gasteiger charge is 2.42. The molecular formula is C26H23FN4O4S2. The van der Waals surface area contributed by atoms with Crippen molar-refractivity contribution in [2.45, 2.75) is 12.1 Å². The van der Waals surface area contributed by atoms with E-state index in [9.17, 15) is 12.8 Å². The Kier molecular flexibility index (Phi) is 6.57. The summed E-state index contributed by atoms with van der Waals surface area (Å²) in [4.78, 5) is 6.38. The van der Waals surface area contributed by atoms with Gasteiger partial charge in [0.05, 0.1) is 30.8 Å². The van der Waals surface area contributed by atoms with Crippen molar-refractivity contribution in [2.24, 2.45) is 0 Å².